The topological polar surface area (TPSA) is 47.6 Å². The molecular weight excluding hydrogens is 266 g/mol. The van der Waals surface area contributed by atoms with Crippen molar-refractivity contribution in [2.24, 2.45) is 11.8 Å². The van der Waals surface area contributed by atoms with Crippen molar-refractivity contribution in [1.29, 1.82) is 0 Å². The Balaban J connectivity index is 1.96. The lowest BCUT2D eigenvalue weighted by atomic mass is 9.93. The van der Waals surface area contributed by atoms with E-state index in [0.29, 0.717) is 25.0 Å². The summed E-state index contributed by atoms with van der Waals surface area (Å²) in [5.41, 5.74) is -0.636. The van der Waals surface area contributed by atoms with E-state index in [4.69, 9.17) is 9.47 Å². The van der Waals surface area contributed by atoms with Gasteiger partial charge in [-0.3, -0.25) is 5.32 Å². The highest BCUT2D eigenvalue weighted by Crippen LogP contribution is 2.41. The average molecular weight is 297 g/mol. The Morgan fingerprint density at radius 2 is 1.90 bits per heavy atom. The highest BCUT2D eigenvalue weighted by molar-refractivity contribution is 5.82. The lowest BCUT2D eigenvalue weighted by Gasteiger charge is -2.34. The standard InChI is InChI=1S/C17H31NO3/c1-4-21-16(19)17(15-9-10-15,18-13(2)3)12-20-11-14-7-5-6-8-14/h13-15,18H,4-12H2,1-3H3. The van der Waals surface area contributed by atoms with Crippen molar-refractivity contribution in [3.8, 4) is 0 Å². The lowest BCUT2D eigenvalue weighted by molar-refractivity contribution is -0.156. The summed E-state index contributed by atoms with van der Waals surface area (Å²) in [6, 6.07) is 0.241. The van der Waals surface area contributed by atoms with Gasteiger partial charge in [-0.25, -0.2) is 4.79 Å². The van der Waals surface area contributed by atoms with Gasteiger partial charge in [-0.15, -0.1) is 0 Å². The molecule has 21 heavy (non-hydrogen) atoms. The van der Waals surface area contributed by atoms with Gasteiger partial charge < -0.3 is 9.47 Å². The molecule has 1 N–H and O–H groups in total. The first kappa shape index (κ1) is 16.8. The number of carbonyl (C=O) groups excluding carboxylic acids is 1. The van der Waals surface area contributed by atoms with E-state index in [1.165, 1.54) is 25.7 Å². The third-order valence-corrected chi connectivity index (χ3v) is 4.62. The number of rotatable bonds is 9. The molecule has 2 aliphatic rings. The predicted octanol–water partition coefficient (Wildman–Crippen LogP) is 2.90. The first-order valence-corrected chi connectivity index (χ1v) is 8.61. The van der Waals surface area contributed by atoms with Gasteiger partial charge in [0.25, 0.3) is 0 Å². The minimum Gasteiger partial charge on any atom is -0.465 e. The van der Waals surface area contributed by atoms with E-state index < -0.39 is 5.54 Å². The number of ether oxygens (including phenoxy) is 2. The molecule has 2 fully saturated rings. The summed E-state index contributed by atoms with van der Waals surface area (Å²) in [7, 11) is 0. The van der Waals surface area contributed by atoms with Crippen LogP contribution in [0, 0.1) is 11.8 Å². The van der Waals surface area contributed by atoms with E-state index in [2.05, 4.69) is 19.2 Å². The molecule has 0 heterocycles. The Kier molecular flexibility index (Phi) is 6.06. The van der Waals surface area contributed by atoms with E-state index >= 15 is 0 Å². The van der Waals surface area contributed by atoms with Gasteiger partial charge in [-0.05, 0) is 58.3 Å². The van der Waals surface area contributed by atoms with Gasteiger partial charge in [-0.1, -0.05) is 12.8 Å². The van der Waals surface area contributed by atoms with Crippen molar-refractivity contribution in [2.45, 2.75) is 70.9 Å². The normalized spacial score (nSPS) is 22.5. The van der Waals surface area contributed by atoms with Crippen molar-refractivity contribution in [3.05, 3.63) is 0 Å². The first-order valence-electron chi connectivity index (χ1n) is 8.61. The molecule has 0 saturated heterocycles. The summed E-state index contributed by atoms with van der Waals surface area (Å²) in [6.45, 7) is 7.68. The third-order valence-electron chi connectivity index (χ3n) is 4.62. The highest BCUT2D eigenvalue weighted by atomic mass is 16.5. The SMILES string of the molecule is CCOC(=O)C(COCC1CCCC1)(NC(C)C)C1CC1. The Hall–Kier alpha value is -0.610. The van der Waals surface area contributed by atoms with Crippen LogP contribution in [0.4, 0.5) is 0 Å². The van der Waals surface area contributed by atoms with E-state index in [9.17, 15) is 4.79 Å². The molecule has 1 atom stereocenters. The zero-order valence-electron chi connectivity index (χ0n) is 13.8. The van der Waals surface area contributed by atoms with Crippen LogP contribution in [0.25, 0.3) is 0 Å². The van der Waals surface area contributed by atoms with E-state index in [-0.39, 0.29) is 12.0 Å². The summed E-state index contributed by atoms with van der Waals surface area (Å²) < 4.78 is 11.3. The monoisotopic (exact) mass is 297 g/mol. The molecule has 4 nitrogen and oxygen atoms in total. The molecular formula is C17H31NO3. The van der Waals surface area contributed by atoms with Crippen molar-refractivity contribution >= 4 is 5.97 Å². The number of hydrogen-bond acceptors (Lipinski definition) is 4. The fraction of sp³-hybridized carbons (Fsp3) is 0.941. The fourth-order valence-electron chi connectivity index (χ4n) is 3.48. The Labute approximate surface area is 129 Å². The summed E-state index contributed by atoms with van der Waals surface area (Å²) in [4.78, 5) is 12.5. The molecule has 2 rings (SSSR count). The van der Waals surface area contributed by atoms with Crippen molar-refractivity contribution in [1.82, 2.24) is 5.32 Å². The van der Waals surface area contributed by atoms with Crippen molar-refractivity contribution in [2.75, 3.05) is 19.8 Å². The van der Waals surface area contributed by atoms with Crippen molar-refractivity contribution < 1.29 is 14.3 Å². The quantitative estimate of drug-likeness (QED) is 0.665. The fourth-order valence-corrected chi connectivity index (χ4v) is 3.48. The molecule has 0 spiro atoms. The van der Waals surface area contributed by atoms with Crippen LogP contribution in [0.1, 0.15) is 59.3 Å². The summed E-state index contributed by atoms with van der Waals surface area (Å²) >= 11 is 0. The van der Waals surface area contributed by atoms with Gasteiger partial charge in [0.2, 0.25) is 0 Å². The van der Waals surface area contributed by atoms with E-state index in [1.54, 1.807) is 0 Å². The second-order valence-corrected chi connectivity index (χ2v) is 6.93. The van der Waals surface area contributed by atoms with Gasteiger partial charge in [0.1, 0.15) is 5.54 Å². The van der Waals surface area contributed by atoms with Crippen LogP contribution in [0.15, 0.2) is 0 Å². The Bertz CT molecular complexity index is 335. The van der Waals surface area contributed by atoms with Crippen LogP contribution < -0.4 is 5.32 Å². The van der Waals surface area contributed by atoms with Crippen LogP contribution >= 0.6 is 0 Å². The number of nitrogens with one attached hydrogen (secondary N) is 1. The molecule has 0 aromatic rings. The molecule has 0 aliphatic heterocycles. The lowest BCUT2D eigenvalue weighted by Crippen LogP contribution is -2.60. The van der Waals surface area contributed by atoms with Crippen LogP contribution in [0.2, 0.25) is 0 Å². The molecule has 1 unspecified atom stereocenters. The second kappa shape index (κ2) is 7.59. The van der Waals surface area contributed by atoms with Gasteiger partial charge in [-0.2, -0.15) is 0 Å². The van der Waals surface area contributed by atoms with Crippen LogP contribution in [-0.2, 0) is 14.3 Å². The summed E-state index contributed by atoms with van der Waals surface area (Å²) in [5.74, 6) is 0.915. The maximum atomic E-state index is 12.5. The first-order chi connectivity index (χ1) is 10.1. The smallest absolute Gasteiger partial charge is 0.329 e. The van der Waals surface area contributed by atoms with Gasteiger partial charge in [0, 0.05) is 12.6 Å². The summed E-state index contributed by atoms with van der Waals surface area (Å²) in [6.07, 6.45) is 7.37. The second-order valence-electron chi connectivity index (χ2n) is 6.93. The van der Waals surface area contributed by atoms with Crippen LogP contribution in [0.3, 0.4) is 0 Å². The zero-order valence-corrected chi connectivity index (χ0v) is 13.8. The molecule has 2 saturated carbocycles. The third kappa shape index (κ3) is 4.43. The number of esters is 1. The molecule has 0 radical (unpaired) electrons. The maximum absolute atomic E-state index is 12.5. The Morgan fingerprint density at radius 3 is 2.43 bits per heavy atom. The molecule has 2 aliphatic carbocycles. The van der Waals surface area contributed by atoms with Crippen LogP contribution in [0.5, 0.6) is 0 Å². The molecule has 4 heteroatoms. The molecule has 0 bridgehead atoms. The molecule has 0 aromatic carbocycles. The number of hydrogen-bond donors (Lipinski definition) is 1. The minimum atomic E-state index is -0.636. The van der Waals surface area contributed by atoms with Crippen LogP contribution in [-0.4, -0.2) is 37.4 Å². The van der Waals surface area contributed by atoms with E-state index in [1.807, 2.05) is 6.92 Å². The van der Waals surface area contributed by atoms with Gasteiger partial charge in [0.05, 0.1) is 13.2 Å². The van der Waals surface area contributed by atoms with Gasteiger partial charge in [0.15, 0.2) is 0 Å². The highest BCUT2D eigenvalue weighted by Gasteiger charge is 2.52. The maximum Gasteiger partial charge on any atom is 0.329 e. The molecule has 122 valence electrons. The van der Waals surface area contributed by atoms with Gasteiger partial charge >= 0.3 is 5.97 Å². The van der Waals surface area contributed by atoms with Crippen molar-refractivity contribution in [3.63, 3.8) is 0 Å². The predicted molar refractivity (Wildman–Crippen MR) is 83.1 cm³/mol. The largest absolute Gasteiger partial charge is 0.465 e. The Morgan fingerprint density at radius 1 is 1.24 bits per heavy atom. The average Bonchev–Trinajstić information content (AvgIpc) is 3.16. The minimum absolute atomic E-state index is 0.132. The molecule has 0 amide bonds. The zero-order chi connectivity index (χ0) is 15.3. The number of carbonyl (C=O) groups is 1. The molecule has 0 aromatic heterocycles. The summed E-state index contributed by atoms with van der Waals surface area (Å²) in [5, 5.41) is 3.47. The van der Waals surface area contributed by atoms with E-state index in [0.717, 1.165) is 19.4 Å².